The largest absolute Gasteiger partial charge is 0.287 e. The van der Waals surface area contributed by atoms with E-state index in [1.54, 1.807) is 21.2 Å². The molecule has 31 heavy (non-hydrogen) atoms. The molecule has 4 aromatic rings. The minimum atomic E-state index is -0.104. The number of hydrogen-bond donors (Lipinski definition) is 0. The van der Waals surface area contributed by atoms with Crippen molar-refractivity contribution >= 4 is 28.3 Å². The van der Waals surface area contributed by atoms with Gasteiger partial charge in [-0.2, -0.15) is 0 Å². The summed E-state index contributed by atoms with van der Waals surface area (Å²) >= 11 is 1.46. The lowest BCUT2D eigenvalue weighted by Crippen LogP contribution is -2.23. The predicted molar refractivity (Wildman–Crippen MR) is 126 cm³/mol. The Balaban J connectivity index is 1.67. The van der Waals surface area contributed by atoms with Gasteiger partial charge in [-0.05, 0) is 37.1 Å². The van der Waals surface area contributed by atoms with Gasteiger partial charge in [0.2, 0.25) is 0 Å². The summed E-state index contributed by atoms with van der Waals surface area (Å²) < 4.78 is 3.34. The van der Waals surface area contributed by atoms with Crippen LogP contribution in [-0.2, 0) is 12.3 Å². The van der Waals surface area contributed by atoms with Crippen molar-refractivity contribution in [3.05, 3.63) is 80.6 Å². The number of aryl methyl sites for hydroxylation is 1. The van der Waals surface area contributed by atoms with E-state index in [-0.39, 0.29) is 11.1 Å². The number of para-hydroxylation sites is 1. The van der Waals surface area contributed by atoms with E-state index in [2.05, 4.69) is 11.9 Å². The Hall–Kier alpha value is -2.93. The fourth-order valence-corrected chi connectivity index (χ4v) is 4.59. The second kappa shape index (κ2) is 9.47. The number of thioether (sulfide) groups is 1. The molecule has 0 spiro atoms. The Morgan fingerprint density at radius 2 is 1.84 bits per heavy atom. The predicted octanol–water partition coefficient (Wildman–Crippen LogP) is 4.59. The molecule has 7 heteroatoms. The van der Waals surface area contributed by atoms with Crippen molar-refractivity contribution < 1.29 is 0 Å². The lowest BCUT2D eigenvalue weighted by molar-refractivity contribution is 0.531. The molecule has 0 saturated heterocycles. The molecule has 0 bridgehead atoms. The summed E-state index contributed by atoms with van der Waals surface area (Å²) in [5.74, 6) is 0.472. The lowest BCUT2D eigenvalue weighted by Gasteiger charge is -2.13. The molecule has 4 rings (SSSR count). The van der Waals surface area contributed by atoms with Crippen LogP contribution < -0.4 is 11.1 Å². The number of pyridine rings is 1. The molecule has 1 aromatic carbocycles. The van der Waals surface area contributed by atoms with Crippen molar-refractivity contribution in [3.63, 3.8) is 0 Å². The van der Waals surface area contributed by atoms with Crippen LogP contribution in [-0.4, -0.2) is 18.9 Å². The van der Waals surface area contributed by atoms with Crippen LogP contribution in [0.5, 0.6) is 0 Å². The monoisotopic (exact) mass is 434 g/mol. The molecule has 0 aliphatic carbocycles. The Morgan fingerprint density at radius 3 is 2.68 bits per heavy atom. The van der Waals surface area contributed by atoms with Gasteiger partial charge in [-0.1, -0.05) is 56.1 Å². The van der Waals surface area contributed by atoms with Gasteiger partial charge in [0.05, 0.1) is 16.6 Å². The molecule has 0 radical (unpaired) electrons. The zero-order chi connectivity index (χ0) is 21.8. The molecule has 0 aliphatic heterocycles. The normalized spacial score (nSPS) is 11.4. The second-order valence-corrected chi connectivity index (χ2v) is 8.63. The van der Waals surface area contributed by atoms with E-state index in [1.165, 1.54) is 11.8 Å². The van der Waals surface area contributed by atoms with Crippen LogP contribution in [0.3, 0.4) is 0 Å². The van der Waals surface area contributed by atoms with Crippen molar-refractivity contribution in [3.8, 4) is 0 Å². The molecular formula is C24H26N4O2S. The van der Waals surface area contributed by atoms with Gasteiger partial charge in [-0.3, -0.25) is 18.6 Å². The number of fused-ring (bicyclic) bond motifs is 2. The Labute approximate surface area is 185 Å². The van der Waals surface area contributed by atoms with Crippen molar-refractivity contribution in [1.82, 2.24) is 18.9 Å². The third-order valence-electron chi connectivity index (χ3n) is 5.35. The molecule has 0 amide bonds. The van der Waals surface area contributed by atoms with Gasteiger partial charge in [0.1, 0.15) is 5.65 Å². The summed E-state index contributed by atoms with van der Waals surface area (Å²) in [4.78, 5) is 35.1. The van der Waals surface area contributed by atoms with Crippen LogP contribution >= 0.6 is 11.8 Å². The van der Waals surface area contributed by atoms with Gasteiger partial charge in [0, 0.05) is 24.6 Å². The Morgan fingerprint density at radius 1 is 1.00 bits per heavy atom. The number of aromatic nitrogens is 4. The molecule has 0 saturated carbocycles. The lowest BCUT2D eigenvalue weighted by atomic mass is 10.2. The van der Waals surface area contributed by atoms with Crippen LogP contribution in [0.25, 0.3) is 16.6 Å². The molecule has 0 N–H and O–H groups in total. The van der Waals surface area contributed by atoms with E-state index in [1.807, 2.05) is 43.3 Å². The topological polar surface area (TPSA) is 69.3 Å². The van der Waals surface area contributed by atoms with Gasteiger partial charge >= 0.3 is 0 Å². The van der Waals surface area contributed by atoms with Crippen LogP contribution in [0.2, 0.25) is 0 Å². The van der Waals surface area contributed by atoms with E-state index in [4.69, 9.17) is 4.98 Å². The van der Waals surface area contributed by atoms with Crippen molar-refractivity contribution in [2.45, 2.75) is 57.0 Å². The summed E-state index contributed by atoms with van der Waals surface area (Å²) in [6.07, 6.45) is 6.06. The maximum atomic E-state index is 13.1. The van der Waals surface area contributed by atoms with Gasteiger partial charge in [0.25, 0.3) is 11.1 Å². The first-order valence-corrected chi connectivity index (χ1v) is 11.7. The van der Waals surface area contributed by atoms with Crippen molar-refractivity contribution in [2.24, 2.45) is 0 Å². The van der Waals surface area contributed by atoms with Gasteiger partial charge in [-0.25, -0.2) is 9.97 Å². The van der Waals surface area contributed by atoms with Gasteiger partial charge < -0.3 is 0 Å². The maximum Gasteiger partial charge on any atom is 0.262 e. The molecule has 0 aliphatic rings. The molecule has 0 atom stereocenters. The molecule has 0 unspecified atom stereocenters. The summed E-state index contributed by atoms with van der Waals surface area (Å²) in [6, 6.07) is 12.8. The zero-order valence-electron chi connectivity index (χ0n) is 17.9. The van der Waals surface area contributed by atoms with Gasteiger partial charge in [0.15, 0.2) is 5.16 Å². The Kier molecular flexibility index (Phi) is 6.51. The van der Waals surface area contributed by atoms with Crippen molar-refractivity contribution in [1.29, 1.82) is 0 Å². The number of rotatable bonds is 8. The second-order valence-electron chi connectivity index (χ2n) is 7.69. The minimum absolute atomic E-state index is 0.00742. The Bertz CT molecular complexity index is 1340. The number of hydrogen-bond acceptors (Lipinski definition) is 5. The molecule has 0 fully saturated rings. The number of benzene rings is 1. The fourth-order valence-electron chi connectivity index (χ4n) is 3.67. The fraction of sp³-hybridized carbons (Fsp3) is 0.333. The standard InChI is InChI=1S/C24H26N4O2S/c1-3-4-5-8-13-28-23(30)19-11-6-7-12-20(19)26-24(28)31-16-18-15-21(29)27-14-9-10-17(2)22(27)25-18/h6-7,9-12,14-15H,3-5,8,13,16H2,1-2H3. The maximum absolute atomic E-state index is 13.1. The average molecular weight is 435 g/mol. The van der Waals surface area contributed by atoms with Crippen LogP contribution in [0.4, 0.5) is 0 Å². The molecular weight excluding hydrogens is 408 g/mol. The summed E-state index contributed by atoms with van der Waals surface area (Å²) in [5, 5.41) is 1.31. The molecule has 3 heterocycles. The van der Waals surface area contributed by atoms with E-state index in [0.29, 0.717) is 39.7 Å². The smallest absolute Gasteiger partial charge is 0.262 e. The van der Waals surface area contributed by atoms with E-state index in [9.17, 15) is 9.59 Å². The SMILES string of the molecule is CCCCCCn1c(SCc2cc(=O)n3cccc(C)c3n2)nc2ccccc2c1=O. The molecule has 160 valence electrons. The summed E-state index contributed by atoms with van der Waals surface area (Å²) in [7, 11) is 0. The van der Waals surface area contributed by atoms with Crippen LogP contribution in [0.1, 0.15) is 43.9 Å². The van der Waals surface area contributed by atoms with Gasteiger partial charge in [-0.15, -0.1) is 0 Å². The first-order valence-electron chi connectivity index (χ1n) is 10.7. The third-order valence-corrected chi connectivity index (χ3v) is 6.36. The van der Waals surface area contributed by atoms with E-state index < -0.39 is 0 Å². The van der Waals surface area contributed by atoms with E-state index >= 15 is 0 Å². The third kappa shape index (κ3) is 4.56. The highest BCUT2D eigenvalue weighted by molar-refractivity contribution is 7.98. The molecule has 6 nitrogen and oxygen atoms in total. The number of unbranched alkanes of at least 4 members (excludes halogenated alkanes) is 3. The van der Waals surface area contributed by atoms with E-state index in [0.717, 1.165) is 31.2 Å². The highest BCUT2D eigenvalue weighted by Gasteiger charge is 2.13. The zero-order valence-corrected chi connectivity index (χ0v) is 18.7. The minimum Gasteiger partial charge on any atom is -0.287 e. The number of nitrogens with zero attached hydrogens (tertiary/aromatic N) is 4. The van der Waals surface area contributed by atoms with Crippen molar-refractivity contribution in [2.75, 3.05) is 0 Å². The van der Waals surface area contributed by atoms with Crippen LogP contribution in [0.15, 0.2) is 63.4 Å². The quantitative estimate of drug-likeness (QED) is 0.231. The molecule has 3 aromatic heterocycles. The highest BCUT2D eigenvalue weighted by Crippen LogP contribution is 2.22. The highest BCUT2D eigenvalue weighted by atomic mass is 32.2. The first-order chi connectivity index (χ1) is 15.1. The summed E-state index contributed by atoms with van der Waals surface area (Å²) in [5.41, 5.74) is 2.88. The van der Waals surface area contributed by atoms with Crippen LogP contribution in [0, 0.1) is 6.92 Å². The summed E-state index contributed by atoms with van der Waals surface area (Å²) in [6.45, 7) is 4.76. The average Bonchev–Trinajstić information content (AvgIpc) is 2.77. The first kappa shape index (κ1) is 21.3.